The summed E-state index contributed by atoms with van der Waals surface area (Å²) in [6, 6.07) is 0. The molecule has 0 saturated heterocycles. The third-order valence-corrected chi connectivity index (χ3v) is 0.686. The number of hydrogen-bond donors (Lipinski definition) is 0. The molecule has 0 aromatic rings. The smallest absolute Gasteiger partial charge is 0.0441 e. The van der Waals surface area contributed by atoms with Gasteiger partial charge in [-0.3, -0.25) is 0 Å². The first-order chi connectivity index (χ1) is 4.72. The van der Waals surface area contributed by atoms with Crippen molar-refractivity contribution >= 4 is 8.41 Å². The number of methoxy groups -OCH3 is 2. The molecule has 0 N–H and O–H groups in total. The van der Waals surface area contributed by atoms with Gasteiger partial charge in [0.25, 0.3) is 0 Å². The van der Waals surface area contributed by atoms with Crippen LogP contribution < -0.4 is 0 Å². The molecular formula is C10H26BO2Y-2. The van der Waals surface area contributed by atoms with Gasteiger partial charge in [-0.1, -0.05) is 14.9 Å². The predicted octanol–water partition coefficient (Wildman–Crippen LogP) is 2.60. The van der Waals surface area contributed by atoms with Crippen LogP contribution in [-0.2, 0) is 42.2 Å². The summed E-state index contributed by atoms with van der Waals surface area (Å²) in [6.07, 6.45) is 1.98. The minimum Gasteiger partial charge on any atom is -0.411 e. The van der Waals surface area contributed by atoms with Crippen LogP contribution in [0.2, 0.25) is 0 Å². The van der Waals surface area contributed by atoms with Crippen LogP contribution in [0.5, 0.6) is 0 Å². The summed E-state index contributed by atoms with van der Waals surface area (Å²) in [5.41, 5.74) is 0. The van der Waals surface area contributed by atoms with Crippen LogP contribution in [0.3, 0.4) is 0 Å². The molecule has 0 aliphatic carbocycles. The van der Waals surface area contributed by atoms with E-state index in [1.165, 1.54) is 0 Å². The molecule has 0 saturated carbocycles. The van der Waals surface area contributed by atoms with Gasteiger partial charge >= 0.3 is 0 Å². The first kappa shape index (κ1) is 36.3. The van der Waals surface area contributed by atoms with Gasteiger partial charge in [0.05, 0.1) is 0 Å². The van der Waals surface area contributed by atoms with Crippen LogP contribution in [0.15, 0.2) is 0 Å². The molecule has 0 amide bonds. The molecule has 2 nitrogen and oxygen atoms in total. The average Bonchev–Trinajstić information content (AvgIpc) is 1.90. The van der Waals surface area contributed by atoms with E-state index >= 15 is 0 Å². The SMILES string of the molecule is C.C.C[CH-]C.[B].[CH2-]C(COC)OC.[Y]. The standard InChI is InChI=1S/C5H11O2.C3H7.2CH4.B.Y/c1-5(7-3)4-6-2;1-3-2;;;;/h5H,1,4H2,2-3H3;3H,1-2H3;2*1H4;;/q2*-1;;;;. The fourth-order valence-electron chi connectivity index (χ4n) is 0.254. The molecule has 0 heterocycles. The molecule has 0 aliphatic heterocycles. The van der Waals surface area contributed by atoms with Crippen LogP contribution in [0.25, 0.3) is 0 Å². The zero-order valence-corrected chi connectivity index (χ0v) is 11.4. The summed E-state index contributed by atoms with van der Waals surface area (Å²) >= 11 is 0. The van der Waals surface area contributed by atoms with Gasteiger partial charge in [-0.05, 0) is 6.10 Å². The molecule has 1 atom stereocenters. The van der Waals surface area contributed by atoms with E-state index in [0.29, 0.717) is 6.61 Å². The molecule has 0 fully saturated rings. The first-order valence-corrected chi connectivity index (χ1v) is 3.31. The second kappa shape index (κ2) is 36.9. The van der Waals surface area contributed by atoms with Gasteiger partial charge in [0.15, 0.2) is 0 Å². The summed E-state index contributed by atoms with van der Waals surface area (Å²) in [6.45, 7) is 8.16. The molecule has 0 rings (SSSR count). The van der Waals surface area contributed by atoms with E-state index in [4.69, 9.17) is 9.47 Å². The molecule has 4 heteroatoms. The Balaban J connectivity index is -0.0000000208. The fourth-order valence-corrected chi connectivity index (χ4v) is 0.254. The molecule has 0 aromatic heterocycles. The van der Waals surface area contributed by atoms with Gasteiger partial charge in [0.2, 0.25) is 0 Å². The maximum atomic E-state index is 4.75. The molecular weight excluding hydrogens is 252 g/mol. The van der Waals surface area contributed by atoms with Crippen molar-refractivity contribution < 1.29 is 42.2 Å². The molecule has 86 valence electrons. The minimum atomic E-state index is -0.0231. The molecule has 0 bridgehead atoms. The van der Waals surface area contributed by atoms with E-state index in [2.05, 4.69) is 6.92 Å². The normalized spacial score (nSPS) is 8.36. The predicted molar refractivity (Wildman–Crippen MR) is 62.9 cm³/mol. The Hall–Kier alpha value is 1.09. The Morgan fingerprint density at radius 1 is 1.21 bits per heavy atom. The molecule has 14 heavy (non-hydrogen) atoms. The maximum absolute atomic E-state index is 4.75. The zero-order chi connectivity index (χ0) is 8.41. The Labute approximate surface area is 119 Å². The van der Waals surface area contributed by atoms with Crippen LogP contribution in [-0.4, -0.2) is 35.3 Å². The summed E-state index contributed by atoms with van der Waals surface area (Å²) in [7, 11) is 3.23. The van der Waals surface area contributed by atoms with Crippen molar-refractivity contribution in [1.29, 1.82) is 0 Å². The van der Waals surface area contributed by atoms with Gasteiger partial charge in [0, 0.05) is 61.9 Å². The van der Waals surface area contributed by atoms with Crippen LogP contribution >= 0.6 is 0 Å². The second-order valence-electron chi connectivity index (χ2n) is 1.89. The van der Waals surface area contributed by atoms with Gasteiger partial charge < -0.3 is 22.8 Å². The van der Waals surface area contributed by atoms with Crippen LogP contribution in [0, 0.1) is 13.3 Å². The van der Waals surface area contributed by atoms with Crippen molar-refractivity contribution in [2.24, 2.45) is 0 Å². The molecule has 1 unspecified atom stereocenters. The summed E-state index contributed by atoms with van der Waals surface area (Å²) < 4.78 is 9.46. The van der Waals surface area contributed by atoms with Crippen molar-refractivity contribution in [1.82, 2.24) is 0 Å². The van der Waals surface area contributed by atoms with Crippen LogP contribution in [0.1, 0.15) is 28.7 Å². The molecule has 4 radical (unpaired) electrons. The Kier molecular flexibility index (Phi) is 95.5. The van der Waals surface area contributed by atoms with E-state index in [1.54, 1.807) is 14.2 Å². The second-order valence-corrected chi connectivity index (χ2v) is 1.89. The van der Waals surface area contributed by atoms with Gasteiger partial charge in [0.1, 0.15) is 0 Å². The average molecular weight is 278 g/mol. The van der Waals surface area contributed by atoms with Gasteiger partial charge in [-0.15, -0.1) is 0 Å². The Morgan fingerprint density at radius 2 is 1.50 bits per heavy atom. The van der Waals surface area contributed by atoms with Crippen molar-refractivity contribution in [2.45, 2.75) is 34.8 Å². The monoisotopic (exact) mass is 278 g/mol. The summed E-state index contributed by atoms with van der Waals surface area (Å²) in [4.78, 5) is 0. The van der Waals surface area contributed by atoms with E-state index < -0.39 is 0 Å². The topological polar surface area (TPSA) is 18.5 Å². The molecule has 0 aliphatic rings. The first-order valence-electron chi connectivity index (χ1n) is 3.31. The molecule has 0 spiro atoms. The minimum absolute atomic E-state index is 0. The summed E-state index contributed by atoms with van der Waals surface area (Å²) in [5, 5.41) is 0. The van der Waals surface area contributed by atoms with E-state index in [0.717, 1.165) is 0 Å². The number of hydrogen-bond acceptors (Lipinski definition) is 2. The van der Waals surface area contributed by atoms with E-state index in [1.807, 2.05) is 20.3 Å². The summed E-state index contributed by atoms with van der Waals surface area (Å²) in [5.74, 6) is 0. The maximum Gasteiger partial charge on any atom is 0.0441 e. The fraction of sp³-hybridized carbons (Fsp3) is 0.800. The largest absolute Gasteiger partial charge is 0.411 e. The number of rotatable bonds is 3. The van der Waals surface area contributed by atoms with Crippen molar-refractivity contribution in [3.05, 3.63) is 13.3 Å². The van der Waals surface area contributed by atoms with Crippen molar-refractivity contribution in [3.8, 4) is 0 Å². The Morgan fingerprint density at radius 3 is 1.57 bits per heavy atom. The third kappa shape index (κ3) is 51.6. The van der Waals surface area contributed by atoms with E-state index in [9.17, 15) is 0 Å². The van der Waals surface area contributed by atoms with Crippen molar-refractivity contribution in [2.75, 3.05) is 20.8 Å². The molecule has 0 aromatic carbocycles. The number of ether oxygens (including phenoxy) is 2. The Bertz CT molecular complexity index is 57.4. The van der Waals surface area contributed by atoms with Crippen LogP contribution in [0.4, 0.5) is 0 Å². The van der Waals surface area contributed by atoms with Gasteiger partial charge in [-0.25, -0.2) is 0 Å². The van der Waals surface area contributed by atoms with Crippen molar-refractivity contribution in [3.63, 3.8) is 0 Å². The quantitative estimate of drug-likeness (QED) is 0.583. The van der Waals surface area contributed by atoms with Gasteiger partial charge in [-0.2, -0.15) is 13.8 Å². The third-order valence-electron chi connectivity index (χ3n) is 0.686. The van der Waals surface area contributed by atoms with E-state index in [-0.39, 0.29) is 62.1 Å². The zero-order valence-electron chi connectivity index (χ0n) is 8.54.